The largest absolute Gasteiger partial charge is 0.489 e. The summed E-state index contributed by atoms with van der Waals surface area (Å²) in [4.78, 5) is 37.8. The number of carbonyl (C=O) groups is 3. The molecular formula is C34H37N3O5. The third-order valence-corrected chi connectivity index (χ3v) is 7.57. The summed E-state index contributed by atoms with van der Waals surface area (Å²) in [6.45, 7) is 0.466. The molecule has 1 saturated carbocycles. The zero-order valence-electron chi connectivity index (χ0n) is 23.9. The van der Waals surface area contributed by atoms with E-state index in [4.69, 9.17) is 14.7 Å². The Kier molecular flexibility index (Phi) is 11.1. The predicted molar refractivity (Wildman–Crippen MR) is 158 cm³/mol. The van der Waals surface area contributed by atoms with E-state index >= 15 is 0 Å². The number of ether oxygens (including phenoxy) is 2. The van der Waals surface area contributed by atoms with Crippen molar-refractivity contribution in [3.8, 4) is 11.8 Å². The van der Waals surface area contributed by atoms with Crippen molar-refractivity contribution >= 4 is 17.8 Å². The average Bonchev–Trinajstić information content (AvgIpc) is 3.01. The molecule has 4 rings (SSSR count). The van der Waals surface area contributed by atoms with Gasteiger partial charge in [0.1, 0.15) is 18.4 Å². The van der Waals surface area contributed by atoms with Gasteiger partial charge in [0.2, 0.25) is 11.8 Å². The molecule has 1 atom stereocenters. The van der Waals surface area contributed by atoms with Gasteiger partial charge in [0, 0.05) is 18.9 Å². The number of nitriles is 1. The number of benzene rings is 3. The second-order valence-electron chi connectivity index (χ2n) is 10.7. The van der Waals surface area contributed by atoms with Crippen LogP contribution in [0.4, 0.5) is 0 Å². The maximum absolute atomic E-state index is 12.9. The Labute approximate surface area is 247 Å². The highest BCUT2D eigenvalue weighted by molar-refractivity contribution is 5.84. The molecular weight excluding hydrogens is 530 g/mol. The van der Waals surface area contributed by atoms with E-state index < -0.39 is 12.0 Å². The number of hydrogen-bond acceptors (Lipinski definition) is 6. The molecule has 42 heavy (non-hydrogen) atoms. The summed E-state index contributed by atoms with van der Waals surface area (Å²) >= 11 is 0. The van der Waals surface area contributed by atoms with Crippen molar-refractivity contribution in [1.29, 1.82) is 5.26 Å². The summed E-state index contributed by atoms with van der Waals surface area (Å²) < 4.78 is 10.8. The monoisotopic (exact) mass is 567 g/mol. The Morgan fingerprint density at radius 2 is 1.52 bits per heavy atom. The van der Waals surface area contributed by atoms with Gasteiger partial charge in [0.05, 0.1) is 25.2 Å². The Morgan fingerprint density at radius 1 is 0.857 bits per heavy atom. The minimum Gasteiger partial charge on any atom is -0.489 e. The highest BCUT2D eigenvalue weighted by Crippen LogP contribution is 2.27. The Balaban J connectivity index is 1.20. The van der Waals surface area contributed by atoms with E-state index in [-0.39, 0.29) is 30.2 Å². The molecule has 8 nitrogen and oxygen atoms in total. The second-order valence-corrected chi connectivity index (χ2v) is 10.7. The molecule has 0 unspecified atom stereocenters. The van der Waals surface area contributed by atoms with Crippen LogP contribution in [-0.4, -0.2) is 37.0 Å². The summed E-state index contributed by atoms with van der Waals surface area (Å²) in [5.74, 6) is 0.207. The molecule has 0 heterocycles. The summed E-state index contributed by atoms with van der Waals surface area (Å²) in [7, 11) is 1.32. The van der Waals surface area contributed by atoms with Gasteiger partial charge in [0.15, 0.2) is 0 Å². The molecule has 0 spiro atoms. The van der Waals surface area contributed by atoms with Gasteiger partial charge in [-0.05, 0) is 72.6 Å². The fourth-order valence-corrected chi connectivity index (χ4v) is 5.22. The number of nitrogens with zero attached hydrogens (tertiary/aromatic N) is 1. The topological polar surface area (TPSA) is 118 Å². The van der Waals surface area contributed by atoms with E-state index in [0.717, 1.165) is 48.1 Å². The van der Waals surface area contributed by atoms with Gasteiger partial charge < -0.3 is 20.1 Å². The Hall–Kier alpha value is -4.64. The van der Waals surface area contributed by atoms with E-state index in [0.29, 0.717) is 25.0 Å². The SMILES string of the molecule is COC(=O)[C@H](Cc1ccc(OCc2ccccc2)cc1)NC(=O)C[C@H]1CC[C@H](NC(=O)Cc2ccc(C#N)cc2)CC1. The van der Waals surface area contributed by atoms with E-state index in [1.807, 2.05) is 54.6 Å². The van der Waals surface area contributed by atoms with Crippen LogP contribution in [0.15, 0.2) is 78.9 Å². The van der Waals surface area contributed by atoms with Crippen molar-refractivity contribution in [3.63, 3.8) is 0 Å². The molecule has 3 aromatic carbocycles. The smallest absolute Gasteiger partial charge is 0.328 e. The predicted octanol–water partition coefficient (Wildman–Crippen LogP) is 4.65. The Morgan fingerprint density at radius 3 is 2.17 bits per heavy atom. The number of nitrogens with one attached hydrogen (secondary N) is 2. The molecule has 2 N–H and O–H groups in total. The first-order valence-corrected chi connectivity index (χ1v) is 14.3. The fraction of sp³-hybridized carbons (Fsp3) is 0.353. The number of methoxy groups -OCH3 is 1. The molecule has 0 aromatic heterocycles. The maximum atomic E-state index is 12.9. The van der Waals surface area contributed by atoms with Crippen LogP contribution in [-0.2, 0) is 38.6 Å². The van der Waals surface area contributed by atoms with Crippen LogP contribution in [0.3, 0.4) is 0 Å². The summed E-state index contributed by atoms with van der Waals surface area (Å²) in [5, 5.41) is 14.9. The molecule has 3 aromatic rings. The minimum absolute atomic E-state index is 0.0439. The maximum Gasteiger partial charge on any atom is 0.328 e. The first kappa shape index (κ1) is 30.3. The summed E-state index contributed by atoms with van der Waals surface area (Å²) in [6.07, 6.45) is 4.16. The van der Waals surface area contributed by atoms with Crippen molar-refractivity contribution in [2.24, 2.45) is 5.92 Å². The summed E-state index contributed by atoms with van der Waals surface area (Å²) in [6, 6.07) is 25.8. The van der Waals surface area contributed by atoms with Gasteiger partial charge in [0.25, 0.3) is 0 Å². The van der Waals surface area contributed by atoms with Gasteiger partial charge in [-0.25, -0.2) is 4.79 Å². The number of amides is 2. The van der Waals surface area contributed by atoms with Crippen molar-refractivity contribution < 1.29 is 23.9 Å². The van der Waals surface area contributed by atoms with Crippen molar-refractivity contribution in [1.82, 2.24) is 10.6 Å². The molecule has 218 valence electrons. The van der Waals surface area contributed by atoms with Gasteiger partial charge in [-0.3, -0.25) is 9.59 Å². The minimum atomic E-state index is -0.781. The number of esters is 1. The molecule has 0 bridgehead atoms. The first-order chi connectivity index (χ1) is 20.4. The van der Waals surface area contributed by atoms with Crippen LogP contribution in [0, 0.1) is 17.2 Å². The van der Waals surface area contributed by atoms with E-state index in [1.165, 1.54) is 7.11 Å². The van der Waals surface area contributed by atoms with E-state index in [9.17, 15) is 14.4 Å². The van der Waals surface area contributed by atoms with Crippen LogP contribution in [0.25, 0.3) is 0 Å². The number of rotatable bonds is 12. The average molecular weight is 568 g/mol. The quantitative estimate of drug-likeness (QED) is 0.308. The van der Waals surface area contributed by atoms with Gasteiger partial charge in [-0.2, -0.15) is 5.26 Å². The molecule has 1 aliphatic carbocycles. The molecule has 1 fully saturated rings. The van der Waals surface area contributed by atoms with Crippen LogP contribution in [0.5, 0.6) is 5.75 Å². The molecule has 2 amide bonds. The second kappa shape index (κ2) is 15.4. The third kappa shape index (κ3) is 9.48. The van der Waals surface area contributed by atoms with E-state index in [2.05, 4.69) is 16.7 Å². The van der Waals surface area contributed by atoms with Crippen LogP contribution in [0.2, 0.25) is 0 Å². The van der Waals surface area contributed by atoms with Gasteiger partial charge in [-0.15, -0.1) is 0 Å². The van der Waals surface area contributed by atoms with E-state index in [1.54, 1.807) is 24.3 Å². The highest BCUT2D eigenvalue weighted by Gasteiger charge is 2.27. The van der Waals surface area contributed by atoms with Crippen LogP contribution < -0.4 is 15.4 Å². The normalized spacial score (nSPS) is 16.9. The van der Waals surface area contributed by atoms with Crippen molar-refractivity contribution in [2.45, 2.75) is 63.6 Å². The lowest BCUT2D eigenvalue weighted by Gasteiger charge is -2.29. The third-order valence-electron chi connectivity index (χ3n) is 7.57. The standard InChI is InChI=1S/C34H37N3O5/c1-41-34(40)31(19-24-13-17-30(18-14-24)42-23-28-5-3-2-4-6-28)37-33(39)21-26-11-15-29(16-12-26)36-32(38)20-25-7-9-27(22-35)10-8-25/h2-10,13-14,17-18,26,29,31H,11-12,15-16,19-21,23H2,1H3,(H,36,38)(H,37,39)/t26-,29-,31-/m0/s1. The fourth-order valence-electron chi connectivity index (χ4n) is 5.22. The zero-order chi connectivity index (χ0) is 29.7. The molecule has 1 aliphatic rings. The molecule has 0 aliphatic heterocycles. The van der Waals surface area contributed by atoms with Gasteiger partial charge in [-0.1, -0.05) is 54.6 Å². The van der Waals surface area contributed by atoms with Crippen LogP contribution >= 0.6 is 0 Å². The lowest BCUT2D eigenvalue weighted by atomic mass is 9.83. The van der Waals surface area contributed by atoms with Crippen molar-refractivity contribution in [2.75, 3.05) is 7.11 Å². The lowest BCUT2D eigenvalue weighted by molar-refractivity contribution is -0.145. The highest BCUT2D eigenvalue weighted by atomic mass is 16.5. The Bertz CT molecular complexity index is 1360. The van der Waals surface area contributed by atoms with Crippen molar-refractivity contribution in [3.05, 3.63) is 101 Å². The molecule has 0 saturated heterocycles. The zero-order valence-corrected chi connectivity index (χ0v) is 23.9. The number of hydrogen-bond donors (Lipinski definition) is 2. The molecule has 8 heteroatoms. The first-order valence-electron chi connectivity index (χ1n) is 14.3. The summed E-state index contributed by atoms with van der Waals surface area (Å²) in [5.41, 5.74) is 3.39. The molecule has 0 radical (unpaired) electrons. The lowest BCUT2D eigenvalue weighted by Crippen LogP contribution is -2.44. The van der Waals surface area contributed by atoms with Gasteiger partial charge >= 0.3 is 5.97 Å². The number of carbonyl (C=O) groups excluding carboxylic acids is 3. The van der Waals surface area contributed by atoms with Crippen LogP contribution in [0.1, 0.15) is 54.4 Å².